The molecule has 0 radical (unpaired) electrons. The Morgan fingerprint density at radius 1 is 0.810 bits per heavy atom. The first kappa shape index (κ1) is 20.7. The summed E-state index contributed by atoms with van der Waals surface area (Å²) in [5.41, 5.74) is 1.28. The van der Waals surface area contributed by atoms with Gasteiger partial charge >= 0.3 is 0 Å². The normalized spacial score (nSPS) is 12.6. The second-order valence-corrected chi connectivity index (χ2v) is 6.96. The van der Waals surface area contributed by atoms with Gasteiger partial charge in [-0.15, -0.1) is 0 Å². The molecule has 0 atom stereocenters. The van der Waals surface area contributed by atoms with Crippen molar-refractivity contribution in [1.82, 2.24) is 0 Å². The third-order valence-corrected chi connectivity index (χ3v) is 3.52. The Morgan fingerprint density at radius 3 is 1.86 bits per heavy atom. The average Bonchev–Trinajstić information content (AvgIpc) is 2.41. The summed E-state index contributed by atoms with van der Waals surface area (Å²) in [4.78, 5) is 0. The standard InChI is InChI=1S/C19H38O2/c1-17(2)10-6-8-13-20-15-12-19(5)16-21-14-9-7-11-18(3)4/h12,17-18H,6-11,13-16H2,1-5H3/b19-12-. The van der Waals surface area contributed by atoms with Gasteiger partial charge in [0, 0.05) is 13.2 Å². The fourth-order valence-corrected chi connectivity index (χ4v) is 2.09. The van der Waals surface area contributed by atoms with Crippen LogP contribution >= 0.6 is 0 Å². The van der Waals surface area contributed by atoms with E-state index in [1.807, 2.05) is 0 Å². The predicted octanol–water partition coefficient (Wildman–Crippen LogP) is 5.62. The molecule has 0 bridgehead atoms. The molecular formula is C19H38O2. The summed E-state index contributed by atoms with van der Waals surface area (Å²) in [5, 5.41) is 0. The van der Waals surface area contributed by atoms with Crippen molar-refractivity contribution in [3.8, 4) is 0 Å². The van der Waals surface area contributed by atoms with Gasteiger partial charge in [-0.05, 0) is 37.2 Å². The second kappa shape index (κ2) is 14.6. The predicted molar refractivity (Wildman–Crippen MR) is 92.8 cm³/mol. The van der Waals surface area contributed by atoms with E-state index in [2.05, 4.69) is 40.7 Å². The van der Waals surface area contributed by atoms with E-state index in [1.165, 1.54) is 44.1 Å². The van der Waals surface area contributed by atoms with Crippen LogP contribution in [0.1, 0.15) is 73.1 Å². The summed E-state index contributed by atoms with van der Waals surface area (Å²) >= 11 is 0. The van der Waals surface area contributed by atoms with Crippen LogP contribution in [0.5, 0.6) is 0 Å². The maximum atomic E-state index is 5.68. The van der Waals surface area contributed by atoms with Gasteiger partial charge < -0.3 is 9.47 Å². The first-order chi connectivity index (χ1) is 10.0. The molecule has 0 aromatic carbocycles. The molecule has 0 amide bonds. The van der Waals surface area contributed by atoms with Crippen molar-refractivity contribution in [3.05, 3.63) is 11.6 Å². The Kier molecular flexibility index (Phi) is 14.4. The van der Waals surface area contributed by atoms with Crippen LogP contribution in [0.3, 0.4) is 0 Å². The number of hydrogen-bond acceptors (Lipinski definition) is 2. The van der Waals surface area contributed by atoms with Crippen LogP contribution in [0.4, 0.5) is 0 Å². The van der Waals surface area contributed by atoms with Crippen LogP contribution in [-0.4, -0.2) is 26.4 Å². The maximum absolute atomic E-state index is 5.68. The van der Waals surface area contributed by atoms with E-state index in [4.69, 9.17) is 9.47 Å². The summed E-state index contributed by atoms with van der Waals surface area (Å²) in [6, 6.07) is 0. The fourth-order valence-electron chi connectivity index (χ4n) is 2.09. The molecule has 0 aliphatic carbocycles. The van der Waals surface area contributed by atoms with Crippen LogP contribution < -0.4 is 0 Å². The molecule has 2 nitrogen and oxygen atoms in total. The lowest BCUT2D eigenvalue weighted by Gasteiger charge is -2.07. The molecule has 0 saturated heterocycles. The maximum Gasteiger partial charge on any atom is 0.0674 e. The topological polar surface area (TPSA) is 18.5 Å². The molecule has 0 rings (SSSR count). The monoisotopic (exact) mass is 298 g/mol. The number of rotatable bonds is 14. The lowest BCUT2D eigenvalue weighted by Crippen LogP contribution is -2.01. The van der Waals surface area contributed by atoms with Crippen molar-refractivity contribution in [1.29, 1.82) is 0 Å². The summed E-state index contributed by atoms with van der Waals surface area (Å²) in [7, 11) is 0. The smallest absolute Gasteiger partial charge is 0.0674 e. The van der Waals surface area contributed by atoms with Crippen LogP contribution in [0.25, 0.3) is 0 Å². The summed E-state index contributed by atoms with van der Waals surface area (Å²) in [6.45, 7) is 14.5. The minimum absolute atomic E-state index is 0.726. The first-order valence-electron chi connectivity index (χ1n) is 8.83. The second-order valence-electron chi connectivity index (χ2n) is 6.96. The minimum atomic E-state index is 0.726. The lowest BCUT2D eigenvalue weighted by atomic mass is 10.1. The molecule has 2 heteroatoms. The van der Waals surface area contributed by atoms with Crippen LogP contribution in [0.15, 0.2) is 11.6 Å². The van der Waals surface area contributed by atoms with E-state index < -0.39 is 0 Å². The molecule has 0 fully saturated rings. The van der Waals surface area contributed by atoms with Crippen molar-refractivity contribution in [2.75, 3.05) is 26.4 Å². The zero-order valence-corrected chi connectivity index (χ0v) is 15.1. The molecule has 126 valence electrons. The van der Waals surface area contributed by atoms with Crippen LogP contribution in [0.2, 0.25) is 0 Å². The minimum Gasteiger partial charge on any atom is -0.377 e. The molecular weight excluding hydrogens is 260 g/mol. The van der Waals surface area contributed by atoms with Crippen molar-refractivity contribution in [3.63, 3.8) is 0 Å². The molecule has 21 heavy (non-hydrogen) atoms. The molecule has 0 aliphatic heterocycles. The first-order valence-corrected chi connectivity index (χ1v) is 8.83. The van der Waals surface area contributed by atoms with Gasteiger partial charge in [-0.1, -0.05) is 59.5 Å². The Hall–Kier alpha value is -0.340. The Bertz CT molecular complexity index is 244. The van der Waals surface area contributed by atoms with E-state index in [-0.39, 0.29) is 0 Å². The van der Waals surface area contributed by atoms with Gasteiger partial charge in [-0.25, -0.2) is 0 Å². The van der Waals surface area contributed by atoms with E-state index in [0.717, 1.165) is 38.3 Å². The number of ether oxygens (including phenoxy) is 2. The molecule has 0 unspecified atom stereocenters. The van der Waals surface area contributed by atoms with Gasteiger partial charge in [-0.2, -0.15) is 0 Å². The van der Waals surface area contributed by atoms with Crippen molar-refractivity contribution < 1.29 is 9.47 Å². The van der Waals surface area contributed by atoms with Gasteiger partial charge in [0.25, 0.3) is 0 Å². The van der Waals surface area contributed by atoms with Gasteiger partial charge in [0.1, 0.15) is 0 Å². The number of hydrogen-bond donors (Lipinski definition) is 0. The fraction of sp³-hybridized carbons (Fsp3) is 0.895. The highest BCUT2D eigenvalue weighted by Crippen LogP contribution is 2.07. The summed E-state index contributed by atoms with van der Waals surface area (Å²) < 4.78 is 11.3. The van der Waals surface area contributed by atoms with Crippen molar-refractivity contribution >= 4 is 0 Å². The highest BCUT2D eigenvalue weighted by molar-refractivity contribution is 4.98. The van der Waals surface area contributed by atoms with E-state index >= 15 is 0 Å². The highest BCUT2D eigenvalue weighted by Gasteiger charge is 1.96. The Labute approximate surface area is 133 Å². The molecule has 0 aromatic rings. The van der Waals surface area contributed by atoms with Gasteiger partial charge in [-0.3, -0.25) is 0 Å². The zero-order valence-electron chi connectivity index (χ0n) is 15.1. The Balaban J connectivity index is 3.32. The molecule has 0 N–H and O–H groups in total. The highest BCUT2D eigenvalue weighted by atomic mass is 16.5. The third-order valence-electron chi connectivity index (χ3n) is 3.52. The zero-order chi connectivity index (χ0) is 15.9. The lowest BCUT2D eigenvalue weighted by molar-refractivity contribution is 0.143. The summed E-state index contributed by atoms with van der Waals surface area (Å²) in [5.74, 6) is 1.62. The van der Waals surface area contributed by atoms with Crippen LogP contribution in [-0.2, 0) is 9.47 Å². The third kappa shape index (κ3) is 17.6. The van der Waals surface area contributed by atoms with E-state index in [9.17, 15) is 0 Å². The molecule has 0 spiro atoms. The molecule has 0 saturated carbocycles. The summed E-state index contributed by atoms with van der Waals surface area (Å²) in [6.07, 6.45) is 9.68. The SMILES string of the molecule is C/C(=C/COCCCCC(C)C)COCCCCC(C)C. The molecule has 0 aromatic heterocycles. The van der Waals surface area contributed by atoms with Crippen LogP contribution in [0, 0.1) is 11.8 Å². The molecule has 0 aliphatic rings. The van der Waals surface area contributed by atoms with Gasteiger partial charge in [0.2, 0.25) is 0 Å². The van der Waals surface area contributed by atoms with Gasteiger partial charge in [0.15, 0.2) is 0 Å². The van der Waals surface area contributed by atoms with Crippen molar-refractivity contribution in [2.24, 2.45) is 11.8 Å². The van der Waals surface area contributed by atoms with E-state index in [1.54, 1.807) is 0 Å². The van der Waals surface area contributed by atoms with Gasteiger partial charge in [0.05, 0.1) is 13.2 Å². The average molecular weight is 299 g/mol. The molecule has 0 heterocycles. The van der Waals surface area contributed by atoms with E-state index in [0.29, 0.717) is 0 Å². The largest absolute Gasteiger partial charge is 0.377 e. The Morgan fingerprint density at radius 2 is 1.33 bits per heavy atom. The van der Waals surface area contributed by atoms with Crippen molar-refractivity contribution in [2.45, 2.75) is 73.1 Å². The quantitative estimate of drug-likeness (QED) is 0.306. The number of unbranched alkanes of at least 4 members (excludes halogenated alkanes) is 2.